The van der Waals surface area contributed by atoms with Crippen LogP contribution in [0.2, 0.25) is 0 Å². The van der Waals surface area contributed by atoms with Gasteiger partial charge in [0.05, 0.1) is 7.11 Å². The van der Waals surface area contributed by atoms with Crippen molar-refractivity contribution in [1.29, 1.82) is 0 Å². The molecule has 1 atom stereocenters. The number of amides is 1. The monoisotopic (exact) mass is 364 g/mol. The van der Waals surface area contributed by atoms with E-state index in [1.165, 1.54) is 19.2 Å². The number of carbonyl (C=O) groups is 1. The molecule has 5 heteroatoms. The average molecular weight is 364 g/mol. The van der Waals surface area contributed by atoms with Crippen molar-refractivity contribution < 1.29 is 13.9 Å². The minimum Gasteiger partial charge on any atom is -0.496 e. The van der Waals surface area contributed by atoms with Gasteiger partial charge in [-0.25, -0.2) is 4.39 Å². The van der Waals surface area contributed by atoms with Crippen molar-refractivity contribution in [1.82, 2.24) is 5.32 Å². The van der Waals surface area contributed by atoms with Crippen molar-refractivity contribution in [2.45, 2.75) is 12.6 Å². The van der Waals surface area contributed by atoms with Gasteiger partial charge in [0.15, 0.2) is 0 Å². The fraction of sp³-hybridized carbons (Fsp3) is 0.136. The van der Waals surface area contributed by atoms with E-state index in [0.29, 0.717) is 17.0 Å². The first-order chi connectivity index (χ1) is 13.2. The largest absolute Gasteiger partial charge is 0.496 e. The molecule has 0 radical (unpaired) electrons. The van der Waals surface area contributed by atoms with Crippen LogP contribution in [0.25, 0.3) is 0 Å². The maximum Gasteiger partial charge on any atom is 0.246 e. The zero-order valence-electron chi connectivity index (χ0n) is 15.0. The molecular weight excluding hydrogens is 343 g/mol. The highest BCUT2D eigenvalue weighted by Crippen LogP contribution is 2.22. The Morgan fingerprint density at radius 2 is 1.67 bits per heavy atom. The van der Waals surface area contributed by atoms with Crippen LogP contribution in [0, 0.1) is 5.82 Å². The predicted octanol–water partition coefficient (Wildman–Crippen LogP) is 4.30. The second-order valence-electron chi connectivity index (χ2n) is 6.04. The van der Waals surface area contributed by atoms with Crippen molar-refractivity contribution >= 4 is 11.6 Å². The summed E-state index contributed by atoms with van der Waals surface area (Å²) >= 11 is 0. The minimum atomic E-state index is -0.598. The molecule has 0 bridgehead atoms. The van der Waals surface area contributed by atoms with Gasteiger partial charge in [0.1, 0.15) is 17.6 Å². The highest BCUT2D eigenvalue weighted by atomic mass is 19.1. The molecule has 27 heavy (non-hydrogen) atoms. The fourth-order valence-corrected chi connectivity index (χ4v) is 2.84. The van der Waals surface area contributed by atoms with Crippen molar-refractivity contribution in [3.05, 3.63) is 95.8 Å². The molecule has 2 N–H and O–H groups in total. The summed E-state index contributed by atoms with van der Waals surface area (Å²) in [6.07, 6.45) is 0. The van der Waals surface area contributed by atoms with Crippen LogP contribution < -0.4 is 15.4 Å². The smallest absolute Gasteiger partial charge is 0.246 e. The molecule has 4 nitrogen and oxygen atoms in total. The molecule has 0 aliphatic carbocycles. The van der Waals surface area contributed by atoms with Gasteiger partial charge in [-0.1, -0.05) is 48.5 Å². The molecular formula is C22H21FN2O2. The number of halogens is 1. The molecule has 0 saturated carbocycles. The molecule has 3 aromatic rings. The van der Waals surface area contributed by atoms with Gasteiger partial charge in [-0.3, -0.25) is 10.1 Å². The van der Waals surface area contributed by atoms with Gasteiger partial charge in [-0.05, 0) is 35.9 Å². The van der Waals surface area contributed by atoms with Crippen molar-refractivity contribution in [3.63, 3.8) is 0 Å². The molecule has 3 aromatic carbocycles. The van der Waals surface area contributed by atoms with Gasteiger partial charge >= 0.3 is 0 Å². The Morgan fingerprint density at radius 1 is 1.00 bits per heavy atom. The van der Waals surface area contributed by atoms with E-state index in [9.17, 15) is 9.18 Å². The molecule has 0 aliphatic heterocycles. The molecule has 0 heterocycles. The summed E-state index contributed by atoms with van der Waals surface area (Å²) in [5.74, 6) is 0.0274. The van der Waals surface area contributed by atoms with E-state index >= 15 is 0 Å². The van der Waals surface area contributed by atoms with E-state index in [4.69, 9.17) is 4.74 Å². The number of anilines is 1. The molecule has 1 unspecified atom stereocenters. The Morgan fingerprint density at radius 3 is 2.33 bits per heavy atom. The first kappa shape index (κ1) is 18.6. The zero-order valence-corrected chi connectivity index (χ0v) is 15.0. The third-order valence-corrected chi connectivity index (χ3v) is 4.18. The van der Waals surface area contributed by atoms with Gasteiger partial charge in [-0.15, -0.1) is 0 Å². The van der Waals surface area contributed by atoms with Crippen LogP contribution >= 0.6 is 0 Å². The van der Waals surface area contributed by atoms with E-state index in [-0.39, 0.29) is 18.3 Å². The predicted molar refractivity (Wildman–Crippen MR) is 104 cm³/mol. The Labute approximate surface area is 158 Å². The lowest BCUT2D eigenvalue weighted by Crippen LogP contribution is -2.32. The van der Waals surface area contributed by atoms with E-state index in [0.717, 1.165) is 5.56 Å². The standard InChI is InChI=1S/C22H21FN2O2/c1-27-20-13-12-18(23)14-17(20)15-24-21(16-8-4-2-5-9-16)22(26)25-19-10-6-3-7-11-19/h2-14,21,24H,15H2,1H3,(H,25,26). The van der Waals surface area contributed by atoms with E-state index in [1.54, 1.807) is 6.07 Å². The number of hydrogen-bond acceptors (Lipinski definition) is 3. The summed E-state index contributed by atoms with van der Waals surface area (Å²) in [6.45, 7) is 0.280. The molecule has 0 fully saturated rings. The normalized spacial score (nSPS) is 11.6. The number of methoxy groups -OCH3 is 1. The number of benzene rings is 3. The maximum absolute atomic E-state index is 13.6. The number of carbonyl (C=O) groups excluding carboxylic acids is 1. The fourth-order valence-electron chi connectivity index (χ4n) is 2.84. The van der Waals surface area contributed by atoms with E-state index in [1.807, 2.05) is 60.7 Å². The number of rotatable bonds is 7. The molecule has 0 spiro atoms. The van der Waals surface area contributed by atoms with Gasteiger partial charge in [0, 0.05) is 17.8 Å². The van der Waals surface area contributed by atoms with Gasteiger partial charge in [0.25, 0.3) is 0 Å². The topological polar surface area (TPSA) is 50.4 Å². The maximum atomic E-state index is 13.6. The van der Waals surface area contributed by atoms with Crippen molar-refractivity contribution in [3.8, 4) is 5.75 Å². The molecule has 0 saturated heterocycles. The van der Waals surface area contributed by atoms with Crippen LogP contribution in [0.15, 0.2) is 78.9 Å². The van der Waals surface area contributed by atoms with Crippen LogP contribution in [0.1, 0.15) is 17.2 Å². The quantitative estimate of drug-likeness (QED) is 0.657. The first-order valence-corrected chi connectivity index (χ1v) is 8.64. The minimum absolute atomic E-state index is 0.192. The average Bonchev–Trinajstić information content (AvgIpc) is 2.70. The molecule has 138 valence electrons. The Kier molecular flexibility index (Phi) is 6.18. The van der Waals surface area contributed by atoms with Crippen LogP contribution in [-0.2, 0) is 11.3 Å². The first-order valence-electron chi connectivity index (χ1n) is 8.64. The van der Waals surface area contributed by atoms with Crippen LogP contribution in [0.5, 0.6) is 5.75 Å². The lowest BCUT2D eigenvalue weighted by Gasteiger charge is -2.20. The molecule has 0 aliphatic rings. The molecule has 3 rings (SSSR count). The Balaban J connectivity index is 1.81. The second-order valence-corrected chi connectivity index (χ2v) is 6.04. The van der Waals surface area contributed by atoms with Crippen LogP contribution in [-0.4, -0.2) is 13.0 Å². The van der Waals surface area contributed by atoms with Crippen LogP contribution in [0.3, 0.4) is 0 Å². The number of ether oxygens (including phenoxy) is 1. The molecule has 0 aromatic heterocycles. The highest BCUT2D eigenvalue weighted by molar-refractivity contribution is 5.95. The Bertz CT molecular complexity index is 885. The lowest BCUT2D eigenvalue weighted by atomic mass is 10.1. The van der Waals surface area contributed by atoms with Crippen molar-refractivity contribution in [2.24, 2.45) is 0 Å². The SMILES string of the molecule is COc1ccc(F)cc1CNC(C(=O)Nc1ccccc1)c1ccccc1. The number of hydrogen-bond donors (Lipinski definition) is 2. The van der Waals surface area contributed by atoms with Crippen LogP contribution in [0.4, 0.5) is 10.1 Å². The summed E-state index contributed by atoms with van der Waals surface area (Å²) in [5, 5.41) is 6.13. The third kappa shape index (κ3) is 4.92. The summed E-state index contributed by atoms with van der Waals surface area (Å²) in [4.78, 5) is 12.9. The lowest BCUT2D eigenvalue weighted by molar-refractivity contribution is -0.118. The van der Waals surface area contributed by atoms with Crippen molar-refractivity contribution in [2.75, 3.05) is 12.4 Å². The summed E-state index contributed by atoms with van der Waals surface area (Å²) in [6, 6.07) is 22.4. The number of nitrogens with one attached hydrogen (secondary N) is 2. The number of para-hydroxylation sites is 1. The van der Waals surface area contributed by atoms with E-state index in [2.05, 4.69) is 10.6 Å². The summed E-state index contributed by atoms with van der Waals surface area (Å²) in [7, 11) is 1.54. The highest BCUT2D eigenvalue weighted by Gasteiger charge is 2.21. The van der Waals surface area contributed by atoms with Gasteiger partial charge < -0.3 is 10.1 Å². The summed E-state index contributed by atoms with van der Waals surface area (Å²) < 4.78 is 18.9. The van der Waals surface area contributed by atoms with Gasteiger partial charge in [-0.2, -0.15) is 0 Å². The second kappa shape index (κ2) is 8.96. The third-order valence-electron chi connectivity index (χ3n) is 4.18. The van der Waals surface area contributed by atoms with Gasteiger partial charge in [0.2, 0.25) is 5.91 Å². The summed E-state index contributed by atoms with van der Waals surface area (Å²) in [5.41, 5.74) is 2.18. The van der Waals surface area contributed by atoms with E-state index < -0.39 is 6.04 Å². The zero-order chi connectivity index (χ0) is 19.1. The molecule has 1 amide bonds. The Hall–Kier alpha value is -3.18.